The van der Waals surface area contributed by atoms with Gasteiger partial charge in [0.15, 0.2) is 0 Å². The predicted molar refractivity (Wildman–Crippen MR) is 192 cm³/mol. The predicted octanol–water partition coefficient (Wildman–Crippen LogP) is 7.25. The monoisotopic (exact) mass is 736 g/mol. The molecular formula is C38H41F5N8O2. The number of hydrogen-bond acceptors (Lipinski definition) is 9. The normalized spacial score (nSPS) is 21.2. The van der Waals surface area contributed by atoms with E-state index in [1.165, 1.54) is 6.07 Å². The number of benzene rings is 3. The van der Waals surface area contributed by atoms with Crippen molar-refractivity contribution in [2.45, 2.75) is 51.1 Å². The van der Waals surface area contributed by atoms with E-state index in [-0.39, 0.29) is 43.7 Å². The molecule has 53 heavy (non-hydrogen) atoms. The van der Waals surface area contributed by atoms with E-state index in [0.29, 0.717) is 5.75 Å². The zero-order chi connectivity index (χ0) is 37.3. The zero-order valence-corrected chi connectivity index (χ0v) is 29.5. The SMILES string of the molecule is C=C1N(c2ccc(N3CCN(c4ccc(OCC5COC(Cn6cnc(C(F)(F)F)n6)(c6ccc(F)cc6F)C5)cc4)CC3)cc2)C=NN1C(C)CC. The highest BCUT2D eigenvalue weighted by atomic mass is 19.4. The van der Waals surface area contributed by atoms with Crippen LogP contribution in [-0.4, -0.2) is 71.5 Å². The third-order valence-electron chi connectivity index (χ3n) is 10.1. The summed E-state index contributed by atoms with van der Waals surface area (Å²) in [5, 5.41) is 10.0. The summed E-state index contributed by atoms with van der Waals surface area (Å²) in [5.74, 6) is -1.68. The van der Waals surface area contributed by atoms with Crippen molar-refractivity contribution in [2.24, 2.45) is 11.0 Å². The molecule has 0 aliphatic carbocycles. The Hall–Kier alpha value is -5.18. The number of nitrogens with zero attached hydrogens (tertiary/aromatic N) is 8. The van der Waals surface area contributed by atoms with Crippen LogP contribution in [0.1, 0.15) is 38.1 Å². The summed E-state index contributed by atoms with van der Waals surface area (Å²) in [6.45, 7) is 12.0. The summed E-state index contributed by atoms with van der Waals surface area (Å²) in [6.07, 6.45) is -0.803. The van der Waals surface area contributed by atoms with Gasteiger partial charge < -0.3 is 19.3 Å². The van der Waals surface area contributed by atoms with Crippen LogP contribution in [0.25, 0.3) is 0 Å². The second-order valence-corrected chi connectivity index (χ2v) is 13.7. The van der Waals surface area contributed by atoms with E-state index >= 15 is 4.39 Å². The van der Waals surface area contributed by atoms with E-state index in [1.54, 1.807) is 0 Å². The molecule has 2 saturated heterocycles. The van der Waals surface area contributed by atoms with Crippen molar-refractivity contribution in [2.75, 3.05) is 54.1 Å². The smallest absolute Gasteiger partial charge is 0.453 e. The highest BCUT2D eigenvalue weighted by Gasteiger charge is 2.45. The first-order valence-corrected chi connectivity index (χ1v) is 17.6. The quantitative estimate of drug-likeness (QED) is 0.149. The third-order valence-corrected chi connectivity index (χ3v) is 10.1. The lowest BCUT2D eigenvalue weighted by Crippen LogP contribution is -2.46. The molecule has 7 rings (SSSR count). The van der Waals surface area contributed by atoms with Gasteiger partial charge in [-0.3, -0.25) is 4.90 Å². The van der Waals surface area contributed by atoms with E-state index < -0.39 is 29.2 Å². The first kappa shape index (κ1) is 36.2. The molecule has 3 aliphatic heterocycles. The lowest BCUT2D eigenvalue weighted by molar-refractivity contribution is -0.145. The van der Waals surface area contributed by atoms with Gasteiger partial charge in [0.05, 0.1) is 25.8 Å². The van der Waals surface area contributed by atoms with Gasteiger partial charge in [0.25, 0.3) is 5.82 Å². The lowest BCUT2D eigenvalue weighted by atomic mass is 9.87. The second kappa shape index (κ2) is 14.7. The van der Waals surface area contributed by atoms with Gasteiger partial charge in [-0.25, -0.2) is 23.5 Å². The number of hydrogen-bond donors (Lipinski definition) is 0. The minimum absolute atomic E-state index is 0.0313. The minimum Gasteiger partial charge on any atom is -0.493 e. The van der Waals surface area contributed by atoms with Crippen molar-refractivity contribution in [3.05, 3.63) is 108 Å². The maximum Gasteiger partial charge on any atom is 0.453 e. The van der Waals surface area contributed by atoms with Crippen LogP contribution in [0.2, 0.25) is 0 Å². The molecule has 0 spiro atoms. The van der Waals surface area contributed by atoms with Gasteiger partial charge >= 0.3 is 6.18 Å². The Morgan fingerprint density at radius 2 is 1.58 bits per heavy atom. The van der Waals surface area contributed by atoms with Gasteiger partial charge in [-0.05, 0) is 74.4 Å². The molecule has 3 atom stereocenters. The van der Waals surface area contributed by atoms with E-state index in [9.17, 15) is 17.6 Å². The molecule has 4 heterocycles. The maximum absolute atomic E-state index is 15.0. The molecule has 3 aromatic carbocycles. The molecule has 3 unspecified atom stereocenters. The van der Waals surface area contributed by atoms with Gasteiger partial charge in [-0.2, -0.15) is 18.3 Å². The second-order valence-electron chi connectivity index (χ2n) is 13.7. The molecule has 0 saturated carbocycles. The molecule has 1 aromatic heterocycles. The number of aromatic nitrogens is 3. The van der Waals surface area contributed by atoms with Crippen molar-refractivity contribution < 1.29 is 31.4 Å². The van der Waals surface area contributed by atoms with Crippen LogP contribution in [0.3, 0.4) is 0 Å². The van der Waals surface area contributed by atoms with E-state index in [2.05, 4.69) is 69.7 Å². The summed E-state index contributed by atoms with van der Waals surface area (Å²) in [4.78, 5) is 10.1. The molecular weight excluding hydrogens is 695 g/mol. The molecule has 0 bridgehead atoms. The Morgan fingerprint density at radius 3 is 2.19 bits per heavy atom. The summed E-state index contributed by atoms with van der Waals surface area (Å²) in [5.41, 5.74) is 1.89. The van der Waals surface area contributed by atoms with E-state index in [0.717, 1.165) is 78.6 Å². The number of halogens is 5. The topological polar surface area (TPSA) is 74.5 Å². The molecule has 2 fully saturated rings. The molecule has 0 amide bonds. The van der Waals surface area contributed by atoms with Crippen molar-refractivity contribution >= 4 is 23.4 Å². The molecule has 10 nitrogen and oxygen atoms in total. The summed E-state index contributed by atoms with van der Waals surface area (Å²) in [6, 6.07) is 19.7. The van der Waals surface area contributed by atoms with Crippen LogP contribution >= 0.6 is 0 Å². The molecule has 0 radical (unpaired) electrons. The average molecular weight is 737 g/mol. The van der Waals surface area contributed by atoms with E-state index in [4.69, 9.17) is 9.47 Å². The van der Waals surface area contributed by atoms with Crippen LogP contribution in [0.4, 0.5) is 39.0 Å². The highest BCUT2D eigenvalue weighted by molar-refractivity contribution is 5.85. The summed E-state index contributed by atoms with van der Waals surface area (Å²) >= 11 is 0. The zero-order valence-electron chi connectivity index (χ0n) is 29.5. The first-order chi connectivity index (χ1) is 25.4. The van der Waals surface area contributed by atoms with Crippen LogP contribution in [0, 0.1) is 17.6 Å². The fourth-order valence-corrected chi connectivity index (χ4v) is 7.09. The highest BCUT2D eigenvalue weighted by Crippen LogP contribution is 2.42. The Morgan fingerprint density at radius 1 is 0.943 bits per heavy atom. The van der Waals surface area contributed by atoms with Gasteiger partial charge in [0.1, 0.15) is 41.5 Å². The van der Waals surface area contributed by atoms with Crippen molar-refractivity contribution in [3.8, 4) is 5.75 Å². The molecule has 4 aromatic rings. The van der Waals surface area contributed by atoms with Crippen molar-refractivity contribution in [1.82, 2.24) is 19.8 Å². The van der Waals surface area contributed by atoms with Crippen LogP contribution < -0.4 is 19.4 Å². The number of hydrazone groups is 1. The molecule has 0 N–H and O–H groups in total. The van der Waals surface area contributed by atoms with Crippen molar-refractivity contribution in [3.63, 3.8) is 0 Å². The average Bonchev–Trinajstić information content (AvgIpc) is 3.90. The largest absolute Gasteiger partial charge is 0.493 e. The fraction of sp³-hybridized carbons (Fsp3) is 0.395. The molecule has 3 aliphatic rings. The van der Waals surface area contributed by atoms with Crippen LogP contribution in [0.5, 0.6) is 5.75 Å². The minimum atomic E-state index is -4.74. The third kappa shape index (κ3) is 7.66. The summed E-state index contributed by atoms with van der Waals surface area (Å²) in [7, 11) is 0. The Labute approximate surface area is 304 Å². The number of piperazine rings is 1. The van der Waals surface area contributed by atoms with Gasteiger partial charge in [-0.15, -0.1) is 5.10 Å². The summed E-state index contributed by atoms with van der Waals surface area (Å²) < 4.78 is 81.5. The Bertz CT molecular complexity index is 1930. The maximum atomic E-state index is 15.0. The van der Waals surface area contributed by atoms with Gasteiger partial charge in [0, 0.05) is 60.8 Å². The number of ether oxygens (including phenoxy) is 2. The number of rotatable bonds is 11. The molecule has 280 valence electrons. The Balaban J connectivity index is 0.927. The van der Waals surface area contributed by atoms with Crippen LogP contribution in [0.15, 0.2) is 90.6 Å². The van der Waals surface area contributed by atoms with Gasteiger partial charge in [-0.1, -0.05) is 19.6 Å². The number of anilines is 3. The lowest BCUT2D eigenvalue weighted by Gasteiger charge is -2.37. The van der Waals surface area contributed by atoms with E-state index in [1.807, 2.05) is 40.5 Å². The Kier molecular flexibility index (Phi) is 10.0. The molecule has 15 heteroatoms. The standard InChI is InChI=1S/C38H41F5N8O2/c1-4-26(2)51-27(3)50(25-45-51)32-8-6-30(7-9-32)47-15-17-48(18-16-47)31-10-12-33(13-11-31)52-21-28-20-37(53-22-28,34-14-5-29(39)19-35(34)40)23-49-24-44-36(46-49)38(41,42)43/h5-14,19,24-26,28H,3-4,15-18,20-23H2,1-2H3. The fourth-order valence-electron chi connectivity index (χ4n) is 7.09. The van der Waals surface area contributed by atoms with Gasteiger partial charge in [0.2, 0.25) is 0 Å². The number of alkyl halides is 3. The first-order valence-electron chi connectivity index (χ1n) is 17.6. The van der Waals surface area contributed by atoms with Crippen LogP contribution in [-0.2, 0) is 23.1 Å². The van der Waals surface area contributed by atoms with Crippen molar-refractivity contribution in [1.29, 1.82) is 0 Å².